The summed E-state index contributed by atoms with van der Waals surface area (Å²) >= 11 is 0. The van der Waals surface area contributed by atoms with E-state index in [-0.39, 0.29) is 36.3 Å². The number of benzene rings is 2. The van der Waals surface area contributed by atoms with E-state index in [2.05, 4.69) is 20.8 Å². The molecule has 0 radical (unpaired) electrons. The normalized spacial score (nSPS) is 12.4. The zero-order valence-corrected chi connectivity index (χ0v) is 20.3. The Balaban J connectivity index is 1.85. The average Bonchev–Trinajstić information content (AvgIpc) is 2.86. The number of ether oxygens (including phenoxy) is 1. The highest BCUT2D eigenvalue weighted by Crippen LogP contribution is 2.27. The maximum Gasteiger partial charge on any atom is 0.293 e. The third kappa shape index (κ3) is 6.50. The number of aromatic nitrogens is 2. The van der Waals surface area contributed by atoms with Crippen molar-refractivity contribution in [2.24, 2.45) is 5.16 Å². The number of nitrogens with two attached hydrogens (primary N) is 1. The van der Waals surface area contributed by atoms with Crippen LogP contribution in [0.3, 0.4) is 0 Å². The number of aliphatic hydroxyl groups is 1. The van der Waals surface area contributed by atoms with Crippen LogP contribution in [0.4, 0.5) is 11.5 Å². The maximum atomic E-state index is 13.3. The number of hydrogen-bond acceptors (Lipinski definition) is 10. The van der Waals surface area contributed by atoms with Crippen molar-refractivity contribution >= 4 is 17.3 Å². The van der Waals surface area contributed by atoms with E-state index in [0.29, 0.717) is 28.3 Å². The zero-order valence-electron chi connectivity index (χ0n) is 20.3. The van der Waals surface area contributed by atoms with Gasteiger partial charge < -0.3 is 26.1 Å². The van der Waals surface area contributed by atoms with Gasteiger partial charge in [-0.2, -0.15) is 0 Å². The van der Waals surface area contributed by atoms with Gasteiger partial charge in [0.25, 0.3) is 5.56 Å². The Labute approximate surface area is 208 Å². The SMILES string of the molecule is COc1cc(N)cc(-c2cnc(NC(C)C)c(=O)n2CC(O)NCc2ccc(/C(=N/O)NO)cc2)c1. The van der Waals surface area contributed by atoms with Gasteiger partial charge in [0, 0.05) is 35.5 Å². The molecule has 8 N–H and O–H groups in total. The third-order valence-electron chi connectivity index (χ3n) is 5.27. The molecule has 0 saturated heterocycles. The smallest absolute Gasteiger partial charge is 0.293 e. The van der Waals surface area contributed by atoms with E-state index >= 15 is 0 Å². The lowest BCUT2D eigenvalue weighted by Gasteiger charge is -2.20. The Hall–Kier alpha value is -4.13. The van der Waals surface area contributed by atoms with Gasteiger partial charge in [-0.05, 0) is 31.5 Å². The highest BCUT2D eigenvalue weighted by atomic mass is 16.5. The first kappa shape index (κ1) is 26.5. The molecule has 36 heavy (non-hydrogen) atoms. The predicted octanol–water partition coefficient (Wildman–Crippen LogP) is 1.54. The van der Waals surface area contributed by atoms with Crippen molar-refractivity contribution in [3.8, 4) is 17.0 Å². The van der Waals surface area contributed by atoms with Crippen LogP contribution in [0, 0.1) is 0 Å². The summed E-state index contributed by atoms with van der Waals surface area (Å²) in [6.07, 6.45) is 0.480. The average molecular weight is 498 g/mol. The van der Waals surface area contributed by atoms with Crippen LogP contribution in [-0.2, 0) is 13.1 Å². The molecule has 0 saturated carbocycles. The fraction of sp³-hybridized carbons (Fsp3) is 0.292. The van der Waals surface area contributed by atoms with Crippen molar-refractivity contribution in [1.82, 2.24) is 20.3 Å². The topological polar surface area (TPSA) is 179 Å². The number of hydrogen-bond donors (Lipinski definition) is 7. The summed E-state index contributed by atoms with van der Waals surface area (Å²) in [5.74, 6) is 0.607. The molecule has 1 atom stereocenters. The number of hydroxylamine groups is 1. The summed E-state index contributed by atoms with van der Waals surface area (Å²) in [7, 11) is 1.53. The van der Waals surface area contributed by atoms with E-state index < -0.39 is 6.23 Å². The van der Waals surface area contributed by atoms with E-state index in [1.54, 1.807) is 54.1 Å². The van der Waals surface area contributed by atoms with Gasteiger partial charge in [-0.15, -0.1) is 0 Å². The van der Waals surface area contributed by atoms with Gasteiger partial charge >= 0.3 is 0 Å². The highest BCUT2D eigenvalue weighted by Gasteiger charge is 2.17. The van der Waals surface area contributed by atoms with E-state index in [9.17, 15) is 9.90 Å². The minimum absolute atomic E-state index is 0.0135. The maximum absolute atomic E-state index is 13.3. The lowest BCUT2D eigenvalue weighted by molar-refractivity contribution is 0.115. The Bertz CT molecular complexity index is 1260. The number of nitrogen functional groups attached to an aromatic ring is 1. The first-order chi connectivity index (χ1) is 17.2. The molecule has 0 amide bonds. The Morgan fingerprint density at radius 3 is 2.56 bits per heavy atom. The monoisotopic (exact) mass is 497 g/mol. The number of anilines is 2. The molecule has 1 aromatic heterocycles. The number of rotatable bonds is 10. The van der Waals surface area contributed by atoms with Crippen molar-refractivity contribution in [1.29, 1.82) is 0 Å². The van der Waals surface area contributed by atoms with Gasteiger partial charge in [0.1, 0.15) is 12.0 Å². The standard InChI is InChI=1S/C24H31N7O5/c1-14(2)28-23-24(33)31(20(12-27-23)17-8-18(25)10-19(9-17)36-3)13-21(32)26-11-15-4-6-16(7-5-15)22(29-34)30-35/h4-10,12,14,21,26,32,34-35H,11,13,25H2,1-3H3,(H,27,28)(H,29,30). The molecule has 2 aromatic carbocycles. The van der Waals surface area contributed by atoms with Crippen LogP contribution >= 0.6 is 0 Å². The summed E-state index contributed by atoms with van der Waals surface area (Å²) in [6.45, 7) is 4.03. The summed E-state index contributed by atoms with van der Waals surface area (Å²) in [6, 6.07) is 11.9. The number of aliphatic hydroxyl groups excluding tert-OH is 1. The second-order valence-corrected chi connectivity index (χ2v) is 8.36. The molecule has 0 bridgehead atoms. The van der Waals surface area contributed by atoms with Gasteiger partial charge in [-0.3, -0.25) is 19.9 Å². The van der Waals surface area contributed by atoms with Crippen molar-refractivity contribution in [3.63, 3.8) is 0 Å². The summed E-state index contributed by atoms with van der Waals surface area (Å²) in [5.41, 5.74) is 10.3. The van der Waals surface area contributed by atoms with Crippen molar-refractivity contribution in [2.75, 3.05) is 18.2 Å². The molecule has 3 rings (SSSR count). The molecule has 0 spiro atoms. The van der Waals surface area contributed by atoms with Crippen LogP contribution in [0.25, 0.3) is 11.3 Å². The minimum Gasteiger partial charge on any atom is -0.497 e. The molecular weight excluding hydrogens is 466 g/mol. The molecule has 12 nitrogen and oxygen atoms in total. The van der Waals surface area contributed by atoms with E-state index in [4.69, 9.17) is 20.9 Å². The molecule has 0 aliphatic rings. The van der Waals surface area contributed by atoms with Gasteiger partial charge in [-0.25, -0.2) is 10.5 Å². The second-order valence-electron chi connectivity index (χ2n) is 8.36. The van der Waals surface area contributed by atoms with Crippen molar-refractivity contribution in [3.05, 3.63) is 70.1 Å². The van der Waals surface area contributed by atoms with Crippen LogP contribution < -0.4 is 32.1 Å². The fourth-order valence-corrected chi connectivity index (χ4v) is 3.56. The first-order valence-corrected chi connectivity index (χ1v) is 11.2. The number of oxime groups is 1. The van der Waals surface area contributed by atoms with Crippen molar-refractivity contribution in [2.45, 2.75) is 39.2 Å². The van der Waals surface area contributed by atoms with E-state index in [1.165, 1.54) is 11.7 Å². The zero-order chi connectivity index (χ0) is 26.2. The lowest BCUT2D eigenvalue weighted by Crippen LogP contribution is -2.38. The molecule has 0 aliphatic heterocycles. The molecule has 192 valence electrons. The Kier molecular flexibility index (Phi) is 8.84. The Morgan fingerprint density at radius 2 is 1.94 bits per heavy atom. The molecule has 0 fully saturated rings. The number of nitrogens with zero attached hydrogens (tertiary/aromatic N) is 3. The molecule has 1 heterocycles. The number of methoxy groups -OCH3 is 1. The quantitative estimate of drug-likeness (QED) is 0.0542. The third-order valence-corrected chi connectivity index (χ3v) is 5.27. The summed E-state index contributed by atoms with van der Waals surface area (Å²) in [5, 5.41) is 37.6. The van der Waals surface area contributed by atoms with Crippen LogP contribution in [0.2, 0.25) is 0 Å². The van der Waals surface area contributed by atoms with Crippen LogP contribution in [-0.4, -0.2) is 50.3 Å². The molecule has 0 aliphatic carbocycles. The van der Waals surface area contributed by atoms with Crippen molar-refractivity contribution < 1.29 is 20.3 Å². The van der Waals surface area contributed by atoms with Gasteiger partial charge in [0.05, 0.1) is 25.5 Å². The van der Waals surface area contributed by atoms with E-state index in [0.717, 1.165) is 5.56 Å². The van der Waals surface area contributed by atoms with Gasteiger partial charge in [-0.1, -0.05) is 29.4 Å². The minimum atomic E-state index is -1.08. The van der Waals surface area contributed by atoms with Crippen LogP contribution in [0.5, 0.6) is 5.75 Å². The second kappa shape index (κ2) is 12.0. The van der Waals surface area contributed by atoms with Crippen LogP contribution in [0.1, 0.15) is 25.0 Å². The van der Waals surface area contributed by atoms with E-state index in [1.807, 2.05) is 13.8 Å². The summed E-state index contributed by atoms with van der Waals surface area (Å²) < 4.78 is 6.74. The summed E-state index contributed by atoms with van der Waals surface area (Å²) in [4.78, 5) is 17.6. The molecular formula is C24H31N7O5. The lowest BCUT2D eigenvalue weighted by atomic mass is 10.1. The largest absolute Gasteiger partial charge is 0.497 e. The fourth-order valence-electron chi connectivity index (χ4n) is 3.56. The number of nitrogens with one attached hydrogen (secondary N) is 3. The highest BCUT2D eigenvalue weighted by molar-refractivity contribution is 5.97. The molecule has 12 heteroatoms. The Morgan fingerprint density at radius 1 is 1.22 bits per heavy atom. The molecule has 3 aromatic rings. The first-order valence-electron chi connectivity index (χ1n) is 11.2. The number of amidine groups is 1. The van der Waals surface area contributed by atoms with Gasteiger partial charge in [0.2, 0.25) is 0 Å². The molecule has 1 unspecified atom stereocenters. The predicted molar refractivity (Wildman–Crippen MR) is 136 cm³/mol. The van der Waals surface area contributed by atoms with Crippen LogP contribution in [0.15, 0.2) is 58.6 Å². The van der Waals surface area contributed by atoms with Gasteiger partial charge in [0.15, 0.2) is 11.7 Å².